The van der Waals surface area contributed by atoms with Gasteiger partial charge in [0.2, 0.25) is 0 Å². The molecule has 2 aromatic rings. The van der Waals surface area contributed by atoms with E-state index in [-0.39, 0.29) is 38.3 Å². The maximum absolute atomic E-state index is 12.9. The summed E-state index contributed by atoms with van der Waals surface area (Å²) in [5, 5.41) is 14.6. The van der Waals surface area contributed by atoms with E-state index in [1.807, 2.05) is 6.07 Å². The minimum Gasteiger partial charge on any atom is -0.480 e. The predicted octanol–water partition coefficient (Wildman–Crippen LogP) is 1.63. The van der Waals surface area contributed by atoms with Crippen LogP contribution in [0.5, 0.6) is 0 Å². The minimum absolute atomic E-state index is 0.000187. The number of nitrogens with zero attached hydrogens (tertiary/aromatic N) is 3. The van der Waals surface area contributed by atoms with Crippen LogP contribution >= 0.6 is 0 Å². The second-order valence-corrected chi connectivity index (χ2v) is 9.00. The summed E-state index contributed by atoms with van der Waals surface area (Å²) < 4.78 is 21.6. The summed E-state index contributed by atoms with van der Waals surface area (Å²) in [6.07, 6.45) is 2.28. The van der Waals surface area contributed by atoms with Gasteiger partial charge in [-0.2, -0.15) is 0 Å². The molecule has 0 aliphatic carbocycles. The zero-order chi connectivity index (χ0) is 28.7. The van der Waals surface area contributed by atoms with Crippen molar-refractivity contribution in [2.45, 2.75) is 38.0 Å². The normalized spacial score (nSPS) is 14.3. The van der Waals surface area contributed by atoms with Crippen molar-refractivity contribution in [2.24, 2.45) is 0 Å². The molecule has 1 aliphatic heterocycles. The van der Waals surface area contributed by atoms with Crippen LogP contribution in [0.25, 0.3) is 0 Å². The van der Waals surface area contributed by atoms with Crippen molar-refractivity contribution in [1.29, 1.82) is 0 Å². The van der Waals surface area contributed by atoms with Crippen LogP contribution in [0, 0.1) is 0 Å². The van der Waals surface area contributed by atoms with Gasteiger partial charge in [0.05, 0.1) is 25.5 Å². The number of hydrogen-bond acceptors (Lipinski definition) is 9. The summed E-state index contributed by atoms with van der Waals surface area (Å²) in [5.41, 5.74) is 1.08. The summed E-state index contributed by atoms with van der Waals surface area (Å²) in [7, 11) is 1.57. The fraction of sp³-hybridized carbons (Fsp3) is 0.500. The fourth-order valence-electron chi connectivity index (χ4n) is 3.91. The summed E-state index contributed by atoms with van der Waals surface area (Å²) in [5.74, 6) is -1.26. The molecule has 0 saturated carbocycles. The molecule has 2 heterocycles. The third-order valence-corrected chi connectivity index (χ3v) is 6.05. The van der Waals surface area contributed by atoms with Gasteiger partial charge in [-0.25, -0.2) is 24.2 Å². The molecule has 3 N–H and O–H groups in total. The van der Waals surface area contributed by atoms with Gasteiger partial charge in [-0.3, -0.25) is 4.57 Å². The highest BCUT2D eigenvalue weighted by atomic mass is 16.6. The van der Waals surface area contributed by atoms with E-state index in [0.717, 1.165) is 5.56 Å². The molecule has 3 rings (SSSR count). The molecule has 1 aromatic heterocycles. The Bertz CT molecular complexity index is 1100. The van der Waals surface area contributed by atoms with Crippen LogP contribution in [0.1, 0.15) is 24.1 Å². The van der Waals surface area contributed by atoms with Crippen LogP contribution in [0.4, 0.5) is 14.4 Å². The third kappa shape index (κ3) is 10.2. The average Bonchev–Trinajstić information content (AvgIpc) is 3.42. The molecule has 14 nitrogen and oxygen atoms in total. The molecule has 0 spiro atoms. The van der Waals surface area contributed by atoms with Crippen molar-refractivity contribution in [3.05, 3.63) is 54.1 Å². The molecule has 14 heteroatoms. The van der Waals surface area contributed by atoms with Crippen molar-refractivity contribution in [3.63, 3.8) is 0 Å². The second-order valence-electron chi connectivity index (χ2n) is 9.00. The van der Waals surface area contributed by atoms with Crippen molar-refractivity contribution in [2.75, 3.05) is 46.6 Å². The lowest BCUT2D eigenvalue weighted by molar-refractivity contribution is -0.139. The Balaban J connectivity index is 1.40. The number of carboxylic acids is 1. The molecule has 40 heavy (non-hydrogen) atoms. The molecule has 1 aromatic carbocycles. The standard InChI is InChI=1S/C26H35N5O9/c1-37-11-12-38-13-14-39-24(34)28-20-7-9-30(10-8-20)26(36)31-16-21(27-18-31)15-22(23(32)33)29-25(35)40-17-19-5-3-2-4-6-19/h2-6,16,18,20,22H,7-15,17H2,1H3,(H,28,34)(H,29,35)(H,32,33). The largest absolute Gasteiger partial charge is 0.480 e. The number of carbonyl (C=O) groups is 4. The van der Waals surface area contributed by atoms with Crippen molar-refractivity contribution >= 4 is 24.2 Å². The first kappa shape index (κ1) is 30.4. The number of aromatic nitrogens is 2. The predicted molar refractivity (Wildman–Crippen MR) is 140 cm³/mol. The van der Waals surface area contributed by atoms with Crippen LogP contribution in [0.15, 0.2) is 42.9 Å². The van der Waals surface area contributed by atoms with Gasteiger partial charge in [0.15, 0.2) is 0 Å². The number of ether oxygens (including phenoxy) is 4. The minimum atomic E-state index is -1.29. The van der Waals surface area contributed by atoms with E-state index in [1.54, 1.807) is 36.3 Å². The Kier molecular flexibility index (Phi) is 12.2. The lowest BCUT2D eigenvalue weighted by Crippen LogP contribution is -2.47. The first-order chi connectivity index (χ1) is 19.4. The van der Waals surface area contributed by atoms with Gasteiger partial charge in [-0.1, -0.05) is 30.3 Å². The molecule has 0 bridgehead atoms. The van der Waals surface area contributed by atoms with E-state index in [2.05, 4.69) is 15.6 Å². The highest BCUT2D eigenvalue weighted by molar-refractivity contribution is 5.80. The van der Waals surface area contributed by atoms with Gasteiger partial charge >= 0.3 is 24.2 Å². The summed E-state index contributed by atoms with van der Waals surface area (Å²) in [6.45, 7) is 2.11. The van der Waals surface area contributed by atoms with Gasteiger partial charge in [-0.05, 0) is 18.4 Å². The fourth-order valence-corrected chi connectivity index (χ4v) is 3.91. The highest BCUT2D eigenvalue weighted by Gasteiger charge is 2.26. The lowest BCUT2D eigenvalue weighted by atomic mass is 10.1. The number of methoxy groups -OCH3 is 1. The lowest BCUT2D eigenvalue weighted by Gasteiger charge is -2.32. The highest BCUT2D eigenvalue weighted by Crippen LogP contribution is 2.13. The number of likely N-dealkylation sites (tertiary alicyclic amines) is 1. The SMILES string of the molecule is COCCOCCOC(=O)NC1CCN(C(=O)n2cnc(CC(NC(=O)OCc3ccccc3)C(=O)O)c2)CC1. The number of aliphatic carboxylic acids is 1. The Morgan fingerprint density at radius 1 is 1.02 bits per heavy atom. The number of imidazole rings is 1. The number of carboxylic acid groups (broad SMARTS) is 1. The van der Waals surface area contributed by atoms with Crippen LogP contribution in [0.2, 0.25) is 0 Å². The zero-order valence-corrected chi connectivity index (χ0v) is 22.3. The number of benzene rings is 1. The van der Waals surface area contributed by atoms with Crippen LogP contribution in [0.3, 0.4) is 0 Å². The molecule has 1 unspecified atom stereocenters. The monoisotopic (exact) mass is 561 g/mol. The second kappa shape index (κ2) is 16.1. The third-order valence-electron chi connectivity index (χ3n) is 6.05. The Labute approximate surface area is 231 Å². The number of carbonyl (C=O) groups excluding carboxylic acids is 3. The molecule has 1 aliphatic rings. The first-order valence-corrected chi connectivity index (χ1v) is 12.9. The molecular weight excluding hydrogens is 526 g/mol. The number of nitrogens with one attached hydrogen (secondary N) is 2. The number of rotatable bonds is 13. The van der Waals surface area contributed by atoms with E-state index in [9.17, 15) is 24.3 Å². The number of piperidine rings is 1. The van der Waals surface area contributed by atoms with Crippen LogP contribution in [-0.2, 0) is 36.8 Å². The summed E-state index contributed by atoms with van der Waals surface area (Å²) in [6, 6.07) is 7.24. The quantitative estimate of drug-likeness (QED) is 0.305. The van der Waals surface area contributed by atoms with E-state index in [0.29, 0.717) is 44.8 Å². The molecule has 1 atom stereocenters. The molecular formula is C26H35N5O9. The Hall–Kier alpha value is -4.17. The summed E-state index contributed by atoms with van der Waals surface area (Å²) >= 11 is 0. The van der Waals surface area contributed by atoms with Gasteiger partial charge in [0.25, 0.3) is 0 Å². The van der Waals surface area contributed by atoms with Crippen molar-refractivity contribution in [3.8, 4) is 0 Å². The maximum Gasteiger partial charge on any atom is 0.408 e. The topological polar surface area (TPSA) is 171 Å². The van der Waals surface area contributed by atoms with Crippen molar-refractivity contribution < 1.29 is 43.2 Å². The number of amides is 3. The van der Waals surface area contributed by atoms with Crippen LogP contribution < -0.4 is 10.6 Å². The molecule has 3 amide bonds. The maximum atomic E-state index is 12.9. The smallest absolute Gasteiger partial charge is 0.408 e. The van der Waals surface area contributed by atoms with Crippen LogP contribution in [-0.4, -0.2) is 102 Å². The first-order valence-electron chi connectivity index (χ1n) is 12.9. The number of alkyl carbamates (subject to hydrolysis) is 2. The average molecular weight is 562 g/mol. The summed E-state index contributed by atoms with van der Waals surface area (Å²) in [4.78, 5) is 54.4. The van der Waals surface area contributed by atoms with E-state index in [4.69, 9.17) is 18.9 Å². The number of hydrogen-bond donors (Lipinski definition) is 3. The van der Waals surface area contributed by atoms with Gasteiger partial charge in [-0.15, -0.1) is 0 Å². The molecule has 0 radical (unpaired) electrons. The Morgan fingerprint density at radius 3 is 2.45 bits per heavy atom. The molecule has 1 fully saturated rings. The molecule has 1 saturated heterocycles. The Morgan fingerprint density at radius 2 is 1.75 bits per heavy atom. The van der Waals surface area contributed by atoms with Crippen molar-refractivity contribution in [1.82, 2.24) is 25.1 Å². The van der Waals surface area contributed by atoms with Gasteiger partial charge < -0.3 is 39.6 Å². The van der Waals surface area contributed by atoms with Gasteiger partial charge in [0, 0.05) is 38.9 Å². The zero-order valence-electron chi connectivity index (χ0n) is 22.3. The van der Waals surface area contributed by atoms with E-state index < -0.39 is 24.2 Å². The van der Waals surface area contributed by atoms with Gasteiger partial charge in [0.1, 0.15) is 25.6 Å². The molecule has 218 valence electrons. The van der Waals surface area contributed by atoms with E-state index in [1.165, 1.54) is 17.1 Å². The van der Waals surface area contributed by atoms with E-state index >= 15 is 0 Å².